The van der Waals surface area contributed by atoms with Gasteiger partial charge in [-0.15, -0.1) is 0 Å². The Labute approximate surface area is 164 Å². The minimum absolute atomic E-state index is 0.0352. The Kier molecular flexibility index (Phi) is 5.10. The summed E-state index contributed by atoms with van der Waals surface area (Å²) in [5.41, 5.74) is 2.81. The quantitative estimate of drug-likeness (QED) is 0.833. The molecule has 0 atom stereocenters. The molecule has 4 rings (SSSR count). The molecule has 2 heterocycles. The lowest BCUT2D eigenvalue weighted by molar-refractivity contribution is -0.125. The summed E-state index contributed by atoms with van der Waals surface area (Å²) in [5, 5.41) is 2.50. The van der Waals surface area contributed by atoms with Gasteiger partial charge in [-0.3, -0.25) is 14.5 Å². The molecule has 0 saturated carbocycles. The van der Waals surface area contributed by atoms with E-state index in [1.54, 1.807) is 12.1 Å². The number of likely N-dealkylation sites (tertiary alicyclic amines) is 1. The summed E-state index contributed by atoms with van der Waals surface area (Å²) in [4.78, 5) is 39.2. The van der Waals surface area contributed by atoms with Gasteiger partial charge in [0, 0.05) is 18.7 Å². The van der Waals surface area contributed by atoms with Crippen LogP contribution in [0.1, 0.15) is 40.2 Å². The SMILES string of the molecule is O=C(c1ccc(CN2C(=O)CNC2=O)cc1)N1CCC(c2ccccc2)CC1. The summed E-state index contributed by atoms with van der Waals surface area (Å²) in [5.74, 6) is 0.316. The second-order valence-corrected chi connectivity index (χ2v) is 7.31. The summed E-state index contributed by atoms with van der Waals surface area (Å²) >= 11 is 0. The number of hydrogen-bond donors (Lipinski definition) is 1. The van der Waals surface area contributed by atoms with Crippen LogP contribution in [0.2, 0.25) is 0 Å². The third kappa shape index (κ3) is 3.76. The molecule has 2 aromatic carbocycles. The van der Waals surface area contributed by atoms with E-state index in [0.29, 0.717) is 11.5 Å². The Morgan fingerprint density at radius 2 is 1.64 bits per heavy atom. The maximum Gasteiger partial charge on any atom is 0.324 e. The Morgan fingerprint density at radius 3 is 2.25 bits per heavy atom. The average Bonchev–Trinajstić information content (AvgIpc) is 3.06. The van der Waals surface area contributed by atoms with E-state index in [1.165, 1.54) is 10.5 Å². The van der Waals surface area contributed by atoms with Crippen LogP contribution in [-0.4, -0.2) is 47.3 Å². The number of amides is 4. The smallest absolute Gasteiger partial charge is 0.324 e. The molecule has 0 bridgehead atoms. The van der Waals surface area contributed by atoms with Crippen molar-refractivity contribution in [3.05, 3.63) is 71.3 Å². The van der Waals surface area contributed by atoms with Gasteiger partial charge in [0.05, 0.1) is 13.1 Å². The van der Waals surface area contributed by atoms with E-state index in [0.717, 1.165) is 31.5 Å². The van der Waals surface area contributed by atoms with Crippen LogP contribution in [0.5, 0.6) is 0 Å². The molecular weight excluding hydrogens is 354 g/mol. The van der Waals surface area contributed by atoms with E-state index in [4.69, 9.17) is 0 Å². The van der Waals surface area contributed by atoms with E-state index in [-0.39, 0.29) is 30.9 Å². The van der Waals surface area contributed by atoms with Gasteiger partial charge < -0.3 is 10.2 Å². The number of nitrogens with one attached hydrogen (secondary N) is 1. The van der Waals surface area contributed by atoms with Crippen LogP contribution >= 0.6 is 0 Å². The predicted molar refractivity (Wildman–Crippen MR) is 105 cm³/mol. The second kappa shape index (κ2) is 7.84. The van der Waals surface area contributed by atoms with Crippen molar-refractivity contribution in [3.8, 4) is 0 Å². The van der Waals surface area contributed by atoms with Gasteiger partial charge in [-0.2, -0.15) is 0 Å². The highest BCUT2D eigenvalue weighted by Gasteiger charge is 2.28. The van der Waals surface area contributed by atoms with Gasteiger partial charge in [0.15, 0.2) is 0 Å². The first-order valence-electron chi connectivity index (χ1n) is 9.63. The number of imide groups is 1. The average molecular weight is 377 g/mol. The summed E-state index contributed by atoms with van der Waals surface area (Å²) in [7, 11) is 0. The van der Waals surface area contributed by atoms with Crippen LogP contribution in [0, 0.1) is 0 Å². The third-order valence-corrected chi connectivity index (χ3v) is 5.53. The number of hydrogen-bond acceptors (Lipinski definition) is 3. The molecule has 0 aromatic heterocycles. The van der Waals surface area contributed by atoms with Gasteiger partial charge in [0.1, 0.15) is 0 Å². The first kappa shape index (κ1) is 18.2. The molecule has 2 aliphatic rings. The minimum atomic E-state index is -0.369. The van der Waals surface area contributed by atoms with Crippen LogP contribution in [-0.2, 0) is 11.3 Å². The van der Waals surface area contributed by atoms with Gasteiger partial charge in [0.25, 0.3) is 5.91 Å². The fourth-order valence-corrected chi connectivity index (χ4v) is 3.87. The predicted octanol–water partition coefficient (Wildman–Crippen LogP) is 2.76. The lowest BCUT2D eigenvalue weighted by Crippen LogP contribution is -2.37. The maximum atomic E-state index is 12.8. The van der Waals surface area contributed by atoms with Gasteiger partial charge in [0.2, 0.25) is 5.91 Å². The highest BCUT2D eigenvalue weighted by Crippen LogP contribution is 2.28. The molecule has 0 radical (unpaired) electrons. The maximum absolute atomic E-state index is 12.8. The van der Waals surface area contributed by atoms with Crippen LogP contribution in [0.4, 0.5) is 4.79 Å². The highest BCUT2D eigenvalue weighted by molar-refractivity contribution is 6.01. The number of carbonyl (C=O) groups is 3. The molecule has 2 fully saturated rings. The summed E-state index contributed by atoms with van der Waals surface area (Å²) in [6, 6.07) is 17.3. The number of rotatable bonds is 4. The lowest BCUT2D eigenvalue weighted by atomic mass is 9.89. The summed E-state index contributed by atoms with van der Waals surface area (Å²) in [6.07, 6.45) is 1.94. The Hall–Kier alpha value is -3.15. The minimum Gasteiger partial charge on any atom is -0.339 e. The van der Waals surface area contributed by atoms with E-state index in [9.17, 15) is 14.4 Å². The van der Waals surface area contributed by atoms with Crippen molar-refractivity contribution in [2.75, 3.05) is 19.6 Å². The van der Waals surface area contributed by atoms with Gasteiger partial charge >= 0.3 is 6.03 Å². The van der Waals surface area contributed by atoms with E-state index >= 15 is 0 Å². The van der Waals surface area contributed by atoms with E-state index in [2.05, 4.69) is 29.6 Å². The molecule has 0 aliphatic carbocycles. The van der Waals surface area contributed by atoms with Gasteiger partial charge in [-0.05, 0) is 42.0 Å². The molecule has 0 unspecified atom stereocenters. The number of piperidine rings is 1. The second-order valence-electron chi connectivity index (χ2n) is 7.31. The monoisotopic (exact) mass is 377 g/mol. The zero-order valence-corrected chi connectivity index (χ0v) is 15.6. The summed E-state index contributed by atoms with van der Waals surface area (Å²) in [6.45, 7) is 1.78. The zero-order chi connectivity index (χ0) is 19.5. The summed E-state index contributed by atoms with van der Waals surface area (Å²) < 4.78 is 0. The molecule has 0 spiro atoms. The highest BCUT2D eigenvalue weighted by atomic mass is 16.2. The fraction of sp³-hybridized carbons (Fsp3) is 0.318. The number of urea groups is 1. The van der Waals surface area contributed by atoms with Crippen molar-refractivity contribution >= 4 is 17.8 Å². The number of benzene rings is 2. The number of nitrogens with zero attached hydrogens (tertiary/aromatic N) is 2. The number of carbonyl (C=O) groups excluding carboxylic acids is 3. The van der Waals surface area contributed by atoms with Crippen molar-refractivity contribution < 1.29 is 14.4 Å². The topological polar surface area (TPSA) is 69.7 Å². The lowest BCUT2D eigenvalue weighted by Gasteiger charge is -2.32. The molecule has 1 N–H and O–H groups in total. The Balaban J connectivity index is 1.35. The zero-order valence-electron chi connectivity index (χ0n) is 15.6. The first-order valence-corrected chi connectivity index (χ1v) is 9.63. The fourth-order valence-electron chi connectivity index (χ4n) is 3.87. The van der Waals surface area contributed by atoms with Crippen LogP contribution in [0.3, 0.4) is 0 Å². The standard InChI is InChI=1S/C22H23N3O3/c26-20-14-23-22(28)25(20)15-16-6-8-19(9-7-16)21(27)24-12-10-18(11-13-24)17-4-2-1-3-5-17/h1-9,18H,10-15H2,(H,23,28). The molecule has 2 aliphatic heterocycles. The molecule has 2 aromatic rings. The molecular formula is C22H23N3O3. The van der Waals surface area contributed by atoms with Crippen molar-refractivity contribution in [1.29, 1.82) is 0 Å². The van der Waals surface area contributed by atoms with Crippen LogP contribution in [0.25, 0.3) is 0 Å². The molecule has 2 saturated heterocycles. The van der Waals surface area contributed by atoms with Crippen molar-refractivity contribution in [1.82, 2.24) is 15.1 Å². The molecule has 4 amide bonds. The molecule has 144 valence electrons. The van der Waals surface area contributed by atoms with Gasteiger partial charge in [-0.25, -0.2) is 4.79 Å². The van der Waals surface area contributed by atoms with E-state index < -0.39 is 0 Å². The largest absolute Gasteiger partial charge is 0.339 e. The normalized spacial score (nSPS) is 17.7. The van der Waals surface area contributed by atoms with Gasteiger partial charge in [-0.1, -0.05) is 42.5 Å². The van der Waals surface area contributed by atoms with E-state index in [1.807, 2.05) is 23.1 Å². The molecule has 28 heavy (non-hydrogen) atoms. The van der Waals surface area contributed by atoms with Crippen molar-refractivity contribution in [3.63, 3.8) is 0 Å². The molecule has 6 nitrogen and oxygen atoms in total. The first-order chi connectivity index (χ1) is 13.6. The van der Waals surface area contributed by atoms with Crippen molar-refractivity contribution in [2.24, 2.45) is 0 Å². The van der Waals surface area contributed by atoms with Crippen LogP contribution < -0.4 is 5.32 Å². The molecule has 6 heteroatoms. The van der Waals surface area contributed by atoms with Crippen molar-refractivity contribution in [2.45, 2.75) is 25.3 Å². The Bertz CT molecular complexity index is 856. The van der Waals surface area contributed by atoms with Crippen LogP contribution in [0.15, 0.2) is 54.6 Å². The Morgan fingerprint density at radius 1 is 0.964 bits per heavy atom. The third-order valence-electron chi connectivity index (χ3n) is 5.53.